The van der Waals surface area contributed by atoms with E-state index in [0.717, 1.165) is 6.07 Å². The van der Waals surface area contributed by atoms with E-state index in [2.05, 4.69) is 10.6 Å². The van der Waals surface area contributed by atoms with Crippen molar-refractivity contribution in [3.05, 3.63) is 41.2 Å². The number of hydrogen-bond donors (Lipinski definition) is 2. The highest BCUT2D eigenvalue weighted by molar-refractivity contribution is 6.31. The highest BCUT2D eigenvalue weighted by atomic mass is 35.5. The fourth-order valence-corrected chi connectivity index (χ4v) is 2.20. The van der Waals surface area contributed by atoms with Gasteiger partial charge in [-0.15, -0.1) is 0 Å². The average molecular weight is 355 g/mol. The molecule has 0 spiro atoms. The summed E-state index contributed by atoms with van der Waals surface area (Å²) in [6.45, 7) is 0. The number of anilines is 2. The summed E-state index contributed by atoms with van der Waals surface area (Å²) in [4.78, 5) is 12.1. The molecule has 0 saturated heterocycles. The van der Waals surface area contributed by atoms with Gasteiger partial charge in [-0.05, 0) is 18.2 Å². The molecular weight excluding hydrogens is 339 g/mol. The highest BCUT2D eigenvalue weighted by Gasteiger charge is 2.14. The van der Waals surface area contributed by atoms with Gasteiger partial charge in [0.25, 0.3) is 0 Å². The van der Waals surface area contributed by atoms with Gasteiger partial charge in [0, 0.05) is 17.8 Å². The van der Waals surface area contributed by atoms with Crippen LogP contribution >= 0.6 is 11.6 Å². The summed E-state index contributed by atoms with van der Waals surface area (Å²) in [5.41, 5.74) is 0.779. The fraction of sp³-hybridized carbons (Fsp3) is 0.188. The molecule has 2 amide bonds. The maximum Gasteiger partial charge on any atom is 0.323 e. The molecule has 128 valence electrons. The van der Waals surface area contributed by atoms with Gasteiger partial charge in [0.2, 0.25) is 5.75 Å². The molecule has 0 bridgehead atoms. The van der Waals surface area contributed by atoms with Crippen LogP contribution in [0.1, 0.15) is 0 Å². The lowest BCUT2D eigenvalue weighted by molar-refractivity contribution is 0.262. The van der Waals surface area contributed by atoms with E-state index in [1.807, 2.05) is 0 Å². The van der Waals surface area contributed by atoms with E-state index in [9.17, 15) is 9.18 Å². The quantitative estimate of drug-likeness (QED) is 0.846. The molecule has 0 fully saturated rings. The minimum absolute atomic E-state index is 0.0828. The van der Waals surface area contributed by atoms with E-state index in [1.54, 1.807) is 12.1 Å². The number of amides is 2. The Morgan fingerprint density at radius 2 is 1.54 bits per heavy atom. The van der Waals surface area contributed by atoms with Crippen LogP contribution in [0.3, 0.4) is 0 Å². The summed E-state index contributed by atoms with van der Waals surface area (Å²) >= 11 is 5.68. The lowest BCUT2D eigenvalue weighted by Gasteiger charge is -2.15. The number of carbonyl (C=O) groups excluding carboxylic acids is 1. The van der Waals surface area contributed by atoms with Crippen LogP contribution in [0.2, 0.25) is 5.02 Å². The Morgan fingerprint density at radius 1 is 0.958 bits per heavy atom. The standard InChI is InChI=1S/C16H16ClFN2O4/c1-22-13-7-10(8-14(23-2)15(13)24-3)20-16(21)19-9-4-5-12(18)11(17)6-9/h4-8H,1-3H3,(H2,19,20,21). The Balaban J connectivity index is 2.17. The zero-order chi connectivity index (χ0) is 17.7. The molecule has 2 N–H and O–H groups in total. The van der Waals surface area contributed by atoms with E-state index >= 15 is 0 Å². The molecule has 0 heterocycles. The highest BCUT2D eigenvalue weighted by Crippen LogP contribution is 2.39. The topological polar surface area (TPSA) is 68.8 Å². The number of ether oxygens (including phenoxy) is 3. The van der Waals surface area contributed by atoms with Gasteiger partial charge in [0.05, 0.1) is 32.0 Å². The second-order valence-corrected chi connectivity index (χ2v) is 5.03. The molecule has 0 aliphatic carbocycles. The number of carbonyl (C=O) groups is 1. The predicted octanol–water partition coefficient (Wildman–Crippen LogP) is 4.15. The maximum absolute atomic E-state index is 13.1. The number of halogens is 2. The molecule has 2 rings (SSSR count). The van der Waals surface area contributed by atoms with E-state index < -0.39 is 11.8 Å². The summed E-state index contributed by atoms with van der Waals surface area (Å²) in [6, 6.07) is 6.50. The van der Waals surface area contributed by atoms with Gasteiger partial charge < -0.3 is 24.8 Å². The number of hydrogen-bond acceptors (Lipinski definition) is 4. The van der Waals surface area contributed by atoms with Crippen molar-refractivity contribution in [2.24, 2.45) is 0 Å². The Morgan fingerprint density at radius 3 is 2.04 bits per heavy atom. The number of nitrogens with one attached hydrogen (secondary N) is 2. The van der Waals surface area contributed by atoms with Crippen LogP contribution < -0.4 is 24.8 Å². The number of rotatable bonds is 5. The van der Waals surface area contributed by atoms with Gasteiger partial charge in [-0.1, -0.05) is 11.6 Å². The Hall–Kier alpha value is -2.67. The maximum atomic E-state index is 13.1. The van der Waals surface area contributed by atoms with E-state index in [-0.39, 0.29) is 5.02 Å². The monoisotopic (exact) mass is 354 g/mol. The van der Waals surface area contributed by atoms with Crippen molar-refractivity contribution in [1.82, 2.24) is 0 Å². The predicted molar refractivity (Wildman–Crippen MR) is 90.1 cm³/mol. The Labute approximate surface area is 143 Å². The van der Waals surface area contributed by atoms with E-state index in [4.69, 9.17) is 25.8 Å². The van der Waals surface area contributed by atoms with Gasteiger partial charge in [-0.25, -0.2) is 9.18 Å². The molecule has 8 heteroatoms. The van der Waals surface area contributed by atoms with E-state index in [1.165, 1.54) is 33.5 Å². The van der Waals surface area contributed by atoms with Gasteiger partial charge in [-0.3, -0.25) is 0 Å². The number of methoxy groups -OCH3 is 3. The van der Waals surface area contributed by atoms with Crippen molar-refractivity contribution in [1.29, 1.82) is 0 Å². The second kappa shape index (κ2) is 7.74. The van der Waals surface area contributed by atoms with Crippen LogP contribution in [0.4, 0.5) is 20.6 Å². The molecular formula is C16H16ClFN2O4. The normalized spacial score (nSPS) is 10.0. The van der Waals surface area contributed by atoms with Crippen LogP contribution in [0.5, 0.6) is 17.2 Å². The fourth-order valence-electron chi connectivity index (χ4n) is 2.02. The third kappa shape index (κ3) is 3.99. The lowest BCUT2D eigenvalue weighted by Crippen LogP contribution is -2.19. The van der Waals surface area contributed by atoms with Gasteiger partial charge in [0.1, 0.15) is 5.82 Å². The summed E-state index contributed by atoms with van der Waals surface area (Å²) in [6.07, 6.45) is 0. The molecule has 2 aromatic rings. The van der Waals surface area contributed by atoms with Crippen molar-refractivity contribution in [3.8, 4) is 17.2 Å². The molecule has 0 aliphatic rings. The van der Waals surface area contributed by atoms with Crippen molar-refractivity contribution in [2.75, 3.05) is 32.0 Å². The first-order valence-electron chi connectivity index (χ1n) is 6.81. The molecule has 0 unspecified atom stereocenters. The van der Waals surface area contributed by atoms with Crippen molar-refractivity contribution in [2.45, 2.75) is 0 Å². The SMILES string of the molecule is COc1cc(NC(=O)Nc2ccc(F)c(Cl)c2)cc(OC)c1OC. The first-order valence-corrected chi connectivity index (χ1v) is 7.19. The summed E-state index contributed by atoms with van der Waals surface area (Å²) in [5.74, 6) is 0.650. The molecule has 0 radical (unpaired) electrons. The largest absolute Gasteiger partial charge is 0.493 e. The van der Waals surface area contributed by atoms with Crippen molar-refractivity contribution >= 4 is 29.0 Å². The number of benzene rings is 2. The minimum Gasteiger partial charge on any atom is -0.493 e. The van der Waals surface area contributed by atoms with Crippen LogP contribution in [-0.2, 0) is 0 Å². The summed E-state index contributed by atoms with van der Waals surface area (Å²) < 4.78 is 28.8. The second-order valence-electron chi connectivity index (χ2n) is 4.62. The minimum atomic E-state index is -0.563. The Kier molecular flexibility index (Phi) is 5.70. The average Bonchev–Trinajstić information content (AvgIpc) is 2.57. The van der Waals surface area contributed by atoms with Gasteiger partial charge in [0.15, 0.2) is 11.5 Å². The third-order valence-electron chi connectivity index (χ3n) is 3.10. The lowest BCUT2D eigenvalue weighted by atomic mass is 10.2. The zero-order valence-electron chi connectivity index (χ0n) is 13.3. The van der Waals surface area contributed by atoms with Crippen LogP contribution in [0.15, 0.2) is 30.3 Å². The summed E-state index contributed by atoms with van der Waals surface area (Å²) in [5, 5.41) is 5.09. The molecule has 2 aromatic carbocycles. The molecule has 0 aliphatic heterocycles. The van der Waals surface area contributed by atoms with Crippen molar-refractivity contribution in [3.63, 3.8) is 0 Å². The zero-order valence-corrected chi connectivity index (χ0v) is 14.0. The van der Waals surface area contributed by atoms with Crippen LogP contribution in [0.25, 0.3) is 0 Å². The number of urea groups is 1. The molecule has 24 heavy (non-hydrogen) atoms. The molecule has 0 aromatic heterocycles. The van der Waals surface area contributed by atoms with E-state index in [0.29, 0.717) is 28.6 Å². The van der Waals surface area contributed by atoms with Crippen molar-refractivity contribution < 1.29 is 23.4 Å². The Bertz CT molecular complexity index is 730. The summed E-state index contributed by atoms with van der Waals surface area (Å²) in [7, 11) is 4.43. The smallest absolute Gasteiger partial charge is 0.323 e. The molecule has 6 nitrogen and oxygen atoms in total. The van der Waals surface area contributed by atoms with Crippen LogP contribution in [0, 0.1) is 5.82 Å². The first kappa shape index (κ1) is 17.7. The van der Waals surface area contributed by atoms with Crippen LogP contribution in [-0.4, -0.2) is 27.4 Å². The molecule has 0 saturated carbocycles. The first-order chi connectivity index (χ1) is 11.5. The molecule has 0 atom stereocenters. The van der Waals surface area contributed by atoms with Gasteiger partial charge in [-0.2, -0.15) is 0 Å². The third-order valence-corrected chi connectivity index (χ3v) is 3.39. The van der Waals surface area contributed by atoms with Gasteiger partial charge >= 0.3 is 6.03 Å².